The van der Waals surface area contributed by atoms with Crippen LogP contribution in [0.15, 0.2) is 0 Å². The Morgan fingerprint density at radius 2 is 2.10 bits per heavy atom. The van der Waals surface area contributed by atoms with Crippen molar-refractivity contribution in [2.45, 2.75) is 25.0 Å². The fraction of sp³-hybridized carbons (Fsp3) is 1.00. The van der Waals surface area contributed by atoms with Gasteiger partial charge in [0.1, 0.15) is 9.81 Å². The fourth-order valence-electron chi connectivity index (χ4n) is 0.882. The van der Waals surface area contributed by atoms with Crippen molar-refractivity contribution in [3.05, 3.63) is 0 Å². The van der Waals surface area contributed by atoms with E-state index in [1.807, 2.05) is 0 Å². The summed E-state index contributed by atoms with van der Waals surface area (Å²) in [5.41, 5.74) is 0. The molecule has 10 heavy (non-hydrogen) atoms. The molecule has 3 N–H and O–H groups in total. The summed E-state index contributed by atoms with van der Waals surface area (Å²) in [6, 6.07) is 0. The first-order valence-corrected chi connectivity index (χ1v) is 5.29. The zero-order valence-electron chi connectivity index (χ0n) is 5.91. The van der Waals surface area contributed by atoms with Gasteiger partial charge >= 0.3 is 0 Å². The second kappa shape index (κ2) is 2.01. The van der Waals surface area contributed by atoms with Crippen molar-refractivity contribution >= 4 is 9.81 Å². The first-order chi connectivity index (χ1) is 4.44. The van der Waals surface area contributed by atoms with Gasteiger partial charge in [-0.25, -0.2) is 8.93 Å². The topological polar surface area (TPSA) is 69.6 Å². The lowest BCUT2D eigenvalue weighted by Crippen LogP contribution is -2.50. The van der Waals surface area contributed by atoms with Crippen molar-refractivity contribution in [2.75, 3.05) is 6.54 Å². The van der Waals surface area contributed by atoms with E-state index in [1.54, 1.807) is 6.92 Å². The van der Waals surface area contributed by atoms with Crippen molar-refractivity contribution in [3.63, 3.8) is 0 Å². The van der Waals surface area contributed by atoms with E-state index in [-0.39, 0.29) is 0 Å². The number of rotatable bonds is 3. The van der Waals surface area contributed by atoms with E-state index < -0.39 is 15.1 Å². The van der Waals surface area contributed by atoms with Gasteiger partial charge in [0.15, 0.2) is 0 Å². The molecule has 0 aromatic heterocycles. The number of nitrogens with one attached hydrogen (secondary N) is 1. The fourth-order valence-corrected chi connectivity index (χ4v) is 2.65. The Labute approximate surface area is 60.2 Å². The standard InChI is InChI=1S/C5H13NO3S/c1-2-6-10(7,8,9)5-3-4-5/h5H,2-4H2,1H3,(H3,6,7,8,9). The lowest BCUT2D eigenvalue weighted by molar-refractivity contribution is 0.372. The summed E-state index contributed by atoms with van der Waals surface area (Å²) in [4.78, 5) is 0. The maximum Gasteiger partial charge on any atom is 0.140 e. The van der Waals surface area contributed by atoms with Gasteiger partial charge in [0.2, 0.25) is 0 Å². The molecule has 1 fully saturated rings. The average molecular weight is 167 g/mol. The third-order valence-corrected chi connectivity index (χ3v) is 4.05. The van der Waals surface area contributed by atoms with Gasteiger partial charge in [0.05, 0.1) is 5.25 Å². The minimum absolute atomic E-state index is 0.314. The summed E-state index contributed by atoms with van der Waals surface area (Å²) in [5.74, 6) is 0. The van der Waals surface area contributed by atoms with Crippen LogP contribution in [0.5, 0.6) is 0 Å². The molecule has 0 spiro atoms. The number of hydrogen-bond acceptors (Lipinski definition) is 1. The van der Waals surface area contributed by atoms with E-state index >= 15 is 0 Å². The van der Waals surface area contributed by atoms with Crippen LogP contribution in [-0.4, -0.2) is 25.1 Å². The first-order valence-electron chi connectivity index (χ1n) is 3.35. The predicted molar refractivity (Wildman–Crippen MR) is 40.1 cm³/mol. The summed E-state index contributed by atoms with van der Waals surface area (Å²) in [6.07, 6.45) is 1.29. The molecule has 1 aliphatic carbocycles. The highest BCUT2D eigenvalue weighted by Crippen LogP contribution is 2.38. The van der Waals surface area contributed by atoms with Gasteiger partial charge in [-0.15, -0.1) is 0 Å². The minimum Gasteiger partial charge on any atom is -0.297 e. The van der Waals surface area contributed by atoms with Gasteiger partial charge in [0, 0.05) is 6.54 Å². The van der Waals surface area contributed by atoms with E-state index in [2.05, 4.69) is 4.72 Å². The highest BCUT2D eigenvalue weighted by molar-refractivity contribution is 8.09. The van der Waals surface area contributed by atoms with Crippen LogP contribution in [0.3, 0.4) is 0 Å². The molecular formula is C5H13NO3S. The Hall–Kier alpha value is 0.0300. The van der Waals surface area contributed by atoms with Crippen molar-refractivity contribution in [1.29, 1.82) is 0 Å². The van der Waals surface area contributed by atoms with Crippen LogP contribution in [0.25, 0.3) is 0 Å². The Morgan fingerprint density at radius 1 is 1.60 bits per heavy atom. The quantitative estimate of drug-likeness (QED) is 0.571. The highest BCUT2D eigenvalue weighted by atomic mass is 32.3. The number of hydrogen-bond donors (Lipinski definition) is 3. The summed E-state index contributed by atoms with van der Waals surface area (Å²) < 4.78 is 31.6. The molecule has 0 saturated heterocycles. The Morgan fingerprint density at radius 3 is 2.40 bits per heavy atom. The Kier molecular flexibility index (Phi) is 1.63. The molecule has 1 rings (SSSR count). The molecule has 0 aromatic carbocycles. The van der Waals surface area contributed by atoms with E-state index in [4.69, 9.17) is 9.11 Å². The molecule has 1 saturated carbocycles. The molecule has 0 radical (unpaired) electrons. The Bertz CT molecular complexity index is 193. The van der Waals surface area contributed by atoms with Crippen molar-refractivity contribution in [2.24, 2.45) is 0 Å². The molecule has 0 aromatic rings. The molecule has 0 atom stereocenters. The zero-order chi connectivity index (χ0) is 7.85. The predicted octanol–water partition coefficient (Wildman–Crippen LogP) is 0.439. The van der Waals surface area contributed by atoms with Gasteiger partial charge in [0.25, 0.3) is 0 Å². The van der Waals surface area contributed by atoms with Crippen LogP contribution in [0, 0.1) is 0 Å². The van der Waals surface area contributed by atoms with Crippen LogP contribution in [0.4, 0.5) is 0 Å². The van der Waals surface area contributed by atoms with Gasteiger partial charge in [-0.3, -0.25) is 9.11 Å². The molecular weight excluding hydrogens is 154 g/mol. The molecule has 0 bridgehead atoms. The van der Waals surface area contributed by atoms with Crippen LogP contribution in [-0.2, 0) is 9.81 Å². The van der Waals surface area contributed by atoms with Crippen molar-refractivity contribution in [3.8, 4) is 0 Å². The largest absolute Gasteiger partial charge is 0.297 e. The van der Waals surface area contributed by atoms with E-state index in [0.717, 1.165) is 0 Å². The van der Waals surface area contributed by atoms with Gasteiger partial charge in [-0.1, -0.05) is 6.92 Å². The zero-order valence-corrected chi connectivity index (χ0v) is 6.73. The maximum atomic E-state index is 11.1. The molecule has 0 aliphatic heterocycles. The molecule has 5 heteroatoms. The summed E-state index contributed by atoms with van der Waals surface area (Å²) >= 11 is 0. The lowest BCUT2D eigenvalue weighted by Gasteiger charge is -2.30. The molecule has 0 heterocycles. The normalized spacial score (nSPS) is 23.7. The second-order valence-corrected chi connectivity index (χ2v) is 5.42. The van der Waals surface area contributed by atoms with Crippen molar-refractivity contribution in [1.82, 2.24) is 4.72 Å². The first kappa shape index (κ1) is 8.13. The Balaban J connectivity index is 2.68. The van der Waals surface area contributed by atoms with E-state index in [1.165, 1.54) is 0 Å². The monoisotopic (exact) mass is 167 g/mol. The third kappa shape index (κ3) is 1.54. The molecule has 0 unspecified atom stereocenters. The minimum atomic E-state index is -4.39. The second-order valence-electron chi connectivity index (χ2n) is 2.62. The smallest absolute Gasteiger partial charge is 0.140 e. The molecule has 4 nitrogen and oxygen atoms in total. The van der Waals surface area contributed by atoms with Crippen LogP contribution in [0.1, 0.15) is 19.8 Å². The van der Waals surface area contributed by atoms with Crippen LogP contribution in [0.2, 0.25) is 0 Å². The molecule has 62 valence electrons. The molecule has 0 amide bonds. The molecule has 1 aliphatic rings. The average Bonchev–Trinajstić information content (AvgIpc) is 2.38. The SMILES string of the molecule is CCNS(=O)(O)(O)C1CC1. The van der Waals surface area contributed by atoms with Crippen LogP contribution >= 0.6 is 0 Å². The van der Waals surface area contributed by atoms with Gasteiger partial charge in [-0.2, -0.15) is 0 Å². The van der Waals surface area contributed by atoms with E-state index in [9.17, 15) is 4.21 Å². The van der Waals surface area contributed by atoms with Gasteiger partial charge in [-0.05, 0) is 12.8 Å². The highest BCUT2D eigenvalue weighted by Gasteiger charge is 2.46. The van der Waals surface area contributed by atoms with E-state index in [0.29, 0.717) is 19.4 Å². The van der Waals surface area contributed by atoms with Crippen molar-refractivity contribution < 1.29 is 13.3 Å². The van der Waals surface area contributed by atoms with Gasteiger partial charge < -0.3 is 0 Å². The third-order valence-electron chi connectivity index (χ3n) is 1.54. The summed E-state index contributed by atoms with van der Waals surface area (Å²) in [7, 11) is -4.39. The van der Waals surface area contributed by atoms with Crippen LogP contribution < -0.4 is 4.72 Å². The lowest BCUT2D eigenvalue weighted by atomic mass is 10.8. The summed E-state index contributed by atoms with van der Waals surface area (Å²) in [6.45, 7) is 2.00. The summed E-state index contributed by atoms with van der Waals surface area (Å²) in [5, 5.41) is -0.433. The maximum absolute atomic E-state index is 11.1.